The maximum Gasteiger partial charge on any atom is 0.192 e. The molecule has 0 bridgehead atoms. The topological polar surface area (TPSA) is 122 Å². The Morgan fingerprint density at radius 2 is 2.29 bits per heavy atom. The fourth-order valence-corrected chi connectivity index (χ4v) is 5.05. The van der Waals surface area contributed by atoms with Gasteiger partial charge in [-0.2, -0.15) is 11.8 Å². The van der Waals surface area contributed by atoms with Gasteiger partial charge in [-0.15, -0.1) is 0 Å². The predicted molar refractivity (Wildman–Crippen MR) is 82.5 cm³/mol. The predicted octanol–water partition coefficient (Wildman–Crippen LogP) is -0.115. The molecule has 0 radical (unpaired) electrons. The number of oxime groups is 1. The van der Waals surface area contributed by atoms with Gasteiger partial charge in [0.05, 0.1) is 0 Å². The lowest BCUT2D eigenvalue weighted by Gasteiger charge is -2.36. The Balaban J connectivity index is 2.48. The third-order valence-corrected chi connectivity index (χ3v) is 6.49. The highest BCUT2D eigenvalue weighted by Crippen LogP contribution is 2.27. The second-order valence-electron chi connectivity index (χ2n) is 4.39. The van der Waals surface area contributed by atoms with Crippen LogP contribution in [0.25, 0.3) is 0 Å². The SMILES string of the molecule is CCS(=O)(=O)C1CSCCN1c1nccnc1C(N)=NO. The molecule has 1 aliphatic rings. The molecule has 2 heterocycles. The molecule has 1 aromatic rings. The van der Waals surface area contributed by atoms with Gasteiger partial charge in [-0.25, -0.2) is 18.4 Å². The summed E-state index contributed by atoms with van der Waals surface area (Å²) in [7, 11) is -3.27. The summed E-state index contributed by atoms with van der Waals surface area (Å²) in [4.78, 5) is 9.91. The molecule has 1 saturated heterocycles. The Hall–Kier alpha value is -1.55. The number of nitrogens with zero attached hydrogens (tertiary/aromatic N) is 4. The van der Waals surface area contributed by atoms with Crippen molar-refractivity contribution >= 4 is 33.3 Å². The van der Waals surface area contributed by atoms with Crippen LogP contribution in [0.4, 0.5) is 5.82 Å². The van der Waals surface area contributed by atoms with Crippen LogP contribution < -0.4 is 10.6 Å². The van der Waals surface area contributed by atoms with Crippen molar-refractivity contribution in [2.75, 3.05) is 28.7 Å². The number of thioether (sulfide) groups is 1. The van der Waals surface area contributed by atoms with Crippen molar-refractivity contribution in [1.29, 1.82) is 0 Å². The standard InChI is InChI=1S/C11H17N5O3S2/c1-2-21(18,19)8-7-20-6-5-16(8)11-9(10(12)15-17)13-3-4-14-11/h3-4,8,17H,2,5-7H2,1H3,(H2,12,15). The number of rotatable bonds is 4. The summed E-state index contributed by atoms with van der Waals surface area (Å²) < 4.78 is 24.5. The molecule has 1 unspecified atom stereocenters. The van der Waals surface area contributed by atoms with Crippen molar-refractivity contribution in [3.63, 3.8) is 0 Å². The highest BCUT2D eigenvalue weighted by molar-refractivity contribution is 8.01. The normalized spacial score (nSPS) is 20.5. The van der Waals surface area contributed by atoms with Gasteiger partial charge in [0.2, 0.25) is 0 Å². The van der Waals surface area contributed by atoms with Gasteiger partial charge in [-0.3, -0.25) is 0 Å². The molecule has 1 fully saturated rings. The highest BCUT2D eigenvalue weighted by Gasteiger charge is 2.35. The maximum absolute atomic E-state index is 12.3. The van der Waals surface area contributed by atoms with E-state index in [9.17, 15) is 8.42 Å². The molecule has 1 atom stereocenters. The van der Waals surface area contributed by atoms with Crippen LogP contribution in [-0.2, 0) is 9.84 Å². The molecular weight excluding hydrogens is 314 g/mol. The van der Waals surface area contributed by atoms with E-state index in [0.29, 0.717) is 18.1 Å². The van der Waals surface area contributed by atoms with Crippen LogP contribution in [0.3, 0.4) is 0 Å². The summed E-state index contributed by atoms with van der Waals surface area (Å²) in [6, 6.07) is 0. The van der Waals surface area contributed by atoms with Crippen LogP contribution in [0.2, 0.25) is 0 Å². The molecule has 116 valence electrons. The maximum atomic E-state index is 12.3. The summed E-state index contributed by atoms with van der Waals surface area (Å²) in [6.45, 7) is 2.13. The number of hydrogen-bond acceptors (Lipinski definition) is 8. The van der Waals surface area contributed by atoms with Gasteiger partial charge in [-0.1, -0.05) is 12.1 Å². The molecule has 0 saturated carbocycles. The van der Waals surface area contributed by atoms with Crippen LogP contribution in [0, 0.1) is 0 Å². The van der Waals surface area contributed by atoms with E-state index in [1.165, 1.54) is 12.4 Å². The Labute approximate surface area is 127 Å². The van der Waals surface area contributed by atoms with Gasteiger partial charge in [-0.05, 0) is 0 Å². The molecule has 0 amide bonds. The number of amidine groups is 1. The quantitative estimate of drug-likeness (QED) is 0.339. The number of sulfone groups is 1. The van der Waals surface area contributed by atoms with Gasteiger partial charge in [0.25, 0.3) is 0 Å². The van der Waals surface area contributed by atoms with Crippen LogP contribution in [0.15, 0.2) is 17.5 Å². The van der Waals surface area contributed by atoms with E-state index < -0.39 is 15.2 Å². The summed E-state index contributed by atoms with van der Waals surface area (Å²) in [5, 5.41) is 11.1. The first-order valence-electron chi connectivity index (χ1n) is 6.36. The molecule has 10 heteroatoms. The molecule has 0 aliphatic carbocycles. The molecule has 21 heavy (non-hydrogen) atoms. The number of hydrogen-bond donors (Lipinski definition) is 2. The van der Waals surface area contributed by atoms with Gasteiger partial charge in [0.15, 0.2) is 27.2 Å². The minimum absolute atomic E-state index is 0.0495. The van der Waals surface area contributed by atoms with Crippen molar-refractivity contribution in [3.8, 4) is 0 Å². The summed E-state index contributed by atoms with van der Waals surface area (Å²) >= 11 is 1.58. The molecule has 0 aromatic carbocycles. The van der Waals surface area contributed by atoms with E-state index in [0.717, 1.165) is 5.75 Å². The summed E-state index contributed by atoms with van der Waals surface area (Å²) in [5.74, 6) is 1.43. The molecule has 8 nitrogen and oxygen atoms in total. The molecule has 0 spiro atoms. The van der Waals surface area contributed by atoms with Crippen molar-refractivity contribution in [2.45, 2.75) is 12.3 Å². The fourth-order valence-electron chi connectivity index (χ4n) is 2.08. The van der Waals surface area contributed by atoms with Crippen LogP contribution >= 0.6 is 11.8 Å². The van der Waals surface area contributed by atoms with Crippen molar-refractivity contribution < 1.29 is 13.6 Å². The highest BCUT2D eigenvalue weighted by atomic mass is 32.2. The van der Waals surface area contributed by atoms with E-state index in [4.69, 9.17) is 10.9 Å². The first-order chi connectivity index (χ1) is 10.0. The second kappa shape index (κ2) is 6.48. The lowest BCUT2D eigenvalue weighted by molar-refractivity contribution is 0.318. The van der Waals surface area contributed by atoms with E-state index >= 15 is 0 Å². The Morgan fingerprint density at radius 1 is 1.57 bits per heavy atom. The van der Waals surface area contributed by atoms with Gasteiger partial charge < -0.3 is 15.8 Å². The number of anilines is 1. The minimum Gasteiger partial charge on any atom is -0.409 e. The lowest BCUT2D eigenvalue weighted by atomic mass is 10.3. The first kappa shape index (κ1) is 15.8. The Bertz CT molecular complexity index is 635. The number of nitrogens with two attached hydrogens (primary N) is 1. The van der Waals surface area contributed by atoms with Gasteiger partial charge >= 0.3 is 0 Å². The van der Waals surface area contributed by atoms with E-state index in [1.54, 1.807) is 23.6 Å². The van der Waals surface area contributed by atoms with Crippen molar-refractivity contribution in [3.05, 3.63) is 18.1 Å². The summed E-state index contributed by atoms with van der Waals surface area (Å²) in [5.41, 5.74) is 5.79. The zero-order chi connectivity index (χ0) is 15.5. The monoisotopic (exact) mass is 331 g/mol. The van der Waals surface area contributed by atoms with Crippen molar-refractivity contribution in [2.24, 2.45) is 10.9 Å². The van der Waals surface area contributed by atoms with E-state index in [1.807, 2.05) is 0 Å². The molecule has 2 rings (SSSR count). The van der Waals surface area contributed by atoms with Crippen LogP contribution in [-0.4, -0.2) is 58.6 Å². The van der Waals surface area contributed by atoms with Crippen LogP contribution in [0.5, 0.6) is 0 Å². The van der Waals surface area contributed by atoms with Gasteiger partial charge in [0, 0.05) is 36.2 Å². The van der Waals surface area contributed by atoms with Crippen LogP contribution in [0.1, 0.15) is 12.6 Å². The minimum atomic E-state index is -3.27. The molecule has 3 N–H and O–H groups in total. The fraction of sp³-hybridized carbons (Fsp3) is 0.545. The third-order valence-electron chi connectivity index (χ3n) is 3.20. The van der Waals surface area contributed by atoms with Gasteiger partial charge in [0.1, 0.15) is 5.37 Å². The number of aromatic nitrogens is 2. The zero-order valence-corrected chi connectivity index (χ0v) is 13.1. The Kier molecular flexibility index (Phi) is 4.88. The van der Waals surface area contributed by atoms with E-state index in [2.05, 4.69) is 15.1 Å². The summed E-state index contributed by atoms with van der Waals surface area (Å²) in [6.07, 6.45) is 2.87. The molecule has 1 aliphatic heterocycles. The lowest BCUT2D eigenvalue weighted by Crippen LogP contribution is -2.49. The molecule has 1 aromatic heterocycles. The second-order valence-corrected chi connectivity index (χ2v) is 7.99. The van der Waals surface area contributed by atoms with Crippen molar-refractivity contribution in [1.82, 2.24) is 9.97 Å². The first-order valence-corrected chi connectivity index (χ1v) is 9.23. The Morgan fingerprint density at radius 3 is 2.95 bits per heavy atom. The average molecular weight is 331 g/mol. The smallest absolute Gasteiger partial charge is 0.192 e. The molecular formula is C11H17N5O3S2. The van der Waals surface area contributed by atoms with E-state index in [-0.39, 0.29) is 17.3 Å². The average Bonchev–Trinajstić information content (AvgIpc) is 2.54. The third kappa shape index (κ3) is 3.21. The largest absolute Gasteiger partial charge is 0.409 e. The zero-order valence-electron chi connectivity index (χ0n) is 11.5.